The van der Waals surface area contributed by atoms with Gasteiger partial charge in [-0.05, 0) is 31.4 Å². The molecule has 4 nitrogen and oxygen atoms in total. The molecule has 0 radical (unpaired) electrons. The number of para-hydroxylation sites is 2. The first-order valence-electron chi connectivity index (χ1n) is 7.17. The molecule has 1 saturated carbocycles. The molecule has 0 unspecified atom stereocenters. The van der Waals surface area contributed by atoms with Gasteiger partial charge in [0.15, 0.2) is 5.96 Å². The maximum Gasteiger partial charge on any atom is 0.196 e. The van der Waals surface area contributed by atoms with Crippen LogP contribution in [0.4, 0.5) is 5.69 Å². The lowest BCUT2D eigenvalue weighted by molar-refractivity contribution is 0.322. The minimum absolute atomic E-state index is 0.413. The highest BCUT2D eigenvalue weighted by molar-refractivity contribution is 5.96. The number of hydrogen-bond donors (Lipinski definition) is 1. The van der Waals surface area contributed by atoms with Gasteiger partial charge in [0.05, 0.1) is 18.3 Å². The van der Waals surface area contributed by atoms with E-state index in [0.29, 0.717) is 12.0 Å². The van der Waals surface area contributed by atoms with Crippen LogP contribution in [0, 0.1) is 0 Å². The average molecular weight is 259 g/mol. The Labute approximate surface area is 114 Å². The third-order valence-corrected chi connectivity index (χ3v) is 3.86. The number of hydrogen-bond acceptors (Lipinski definition) is 2. The zero-order valence-electron chi connectivity index (χ0n) is 11.2. The highest BCUT2D eigenvalue weighted by atomic mass is 16.5. The van der Waals surface area contributed by atoms with Crippen molar-refractivity contribution in [2.45, 2.75) is 38.1 Å². The molecule has 2 aliphatic rings. The van der Waals surface area contributed by atoms with Gasteiger partial charge in [-0.3, -0.25) is 0 Å². The van der Waals surface area contributed by atoms with E-state index in [1.54, 1.807) is 0 Å². The van der Waals surface area contributed by atoms with Crippen molar-refractivity contribution in [2.24, 2.45) is 10.7 Å². The molecule has 1 aromatic rings. The van der Waals surface area contributed by atoms with Gasteiger partial charge in [0, 0.05) is 6.54 Å². The van der Waals surface area contributed by atoms with Crippen molar-refractivity contribution in [3.63, 3.8) is 0 Å². The number of benzene rings is 1. The molecule has 0 spiro atoms. The van der Waals surface area contributed by atoms with E-state index in [2.05, 4.69) is 11.0 Å². The van der Waals surface area contributed by atoms with Gasteiger partial charge < -0.3 is 15.4 Å². The maximum absolute atomic E-state index is 6.23. The van der Waals surface area contributed by atoms with E-state index < -0.39 is 0 Å². The number of fused-ring (bicyclic) bond motifs is 1. The van der Waals surface area contributed by atoms with Crippen LogP contribution in [0.25, 0.3) is 0 Å². The summed E-state index contributed by atoms with van der Waals surface area (Å²) in [5.41, 5.74) is 7.27. The first-order valence-corrected chi connectivity index (χ1v) is 7.17. The second-order valence-corrected chi connectivity index (χ2v) is 5.25. The molecule has 4 heteroatoms. The number of nitrogens with two attached hydrogens (primary N) is 1. The Hall–Kier alpha value is -1.71. The summed E-state index contributed by atoms with van der Waals surface area (Å²) in [6, 6.07) is 8.47. The second-order valence-electron chi connectivity index (χ2n) is 5.25. The van der Waals surface area contributed by atoms with Gasteiger partial charge in [0.2, 0.25) is 0 Å². The number of ether oxygens (including phenoxy) is 1. The monoisotopic (exact) mass is 259 g/mol. The van der Waals surface area contributed by atoms with Gasteiger partial charge in [0.25, 0.3) is 0 Å². The quantitative estimate of drug-likeness (QED) is 0.623. The van der Waals surface area contributed by atoms with E-state index in [1.165, 1.54) is 25.7 Å². The Morgan fingerprint density at radius 3 is 2.84 bits per heavy atom. The van der Waals surface area contributed by atoms with Crippen LogP contribution in [-0.4, -0.2) is 25.2 Å². The third-order valence-electron chi connectivity index (χ3n) is 3.86. The number of nitrogens with zero attached hydrogens (tertiary/aromatic N) is 2. The van der Waals surface area contributed by atoms with E-state index >= 15 is 0 Å². The molecule has 1 aliphatic heterocycles. The largest absolute Gasteiger partial charge is 0.491 e. The van der Waals surface area contributed by atoms with Crippen LogP contribution in [0.2, 0.25) is 0 Å². The van der Waals surface area contributed by atoms with Crippen LogP contribution in [0.5, 0.6) is 5.75 Å². The summed E-state index contributed by atoms with van der Waals surface area (Å²) in [5, 5.41) is 0. The summed E-state index contributed by atoms with van der Waals surface area (Å²) in [5.74, 6) is 1.55. The number of aliphatic imine (C=N–C) groups is 1. The lowest BCUT2D eigenvalue weighted by Crippen LogP contribution is -2.38. The van der Waals surface area contributed by atoms with Gasteiger partial charge in [-0.2, -0.15) is 0 Å². The van der Waals surface area contributed by atoms with E-state index in [9.17, 15) is 0 Å². The van der Waals surface area contributed by atoms with Crippen molar-refractivity contribution in [2.75, 3.05) is 18.1 Å². The third kappa shape index (κ3) is 2.67. The Balaban J connectivity index is 1.86. The van der Waals surface area contributed by atoms with Crippen molar-refractivity contribution < 1.29 is 4.74 Å². The van der Waals surface area contributed by atoms with Crippen molar-refractivity contribution >= 4 is 11.6 Å². The van der Waals surface area contributed by atoms with Gasteiger partial charge in [-0.1, -0.05) is 25.0 Å². The van der Waals surface area contributed by atoms with Crippen molar-refractivity contribution in [1.29, 1.82) is 0 Å². The van der Waals surface area contributed by atoms with Crippen LogP contribution in [0.1, 0.15) is 32.1 Å². The topological polar surface area (TPSA) is 50.8 Å². The molecule has 3 rings (SSSR count). The Morgan fingerprint density at radius 1 is 1.21 bits per heavy atom. The lowest BCUT2D eigenvalue weighted by atomic mass is 10.2. The summed E-state index contributed by atoms with van der Waals surface area (Å²) in [7, 11) is 0. The second kappa shape index (κ2) is 5.51. The van der Waals surface area contributed by atoms with E-state index in [4.69, 9.17) is 15.5 Å². The zero-order chi connectivity index (χ0) is 13.1. The standard InChI is InChI=1S/C15H21N3O/c16-15(17-12-6-1-2-7-12)18-10-5-11-19-14-9-4-3-8-13(14)18/h3-4,8-9,12H,1-2,5-7,10-11H2,(H2,16,17). The van der Waals surface area contributed by atoms with Crippen molar-refractivity contribution in [3.8, 4) is 5.75 Å². The van der Waals surface area contributed by atoms with Crippen LogP contribution in [0.3, 0.4) is 0 Å². The molecule has 0 saturated heterocycles. The number of anilines is 1. The van der Waals surface area contributed by atoms with Gasteiger partial charge >= 0.3 is 0 Å². The molecular formula is C15H21N3O. The smallest absolute Gasteiger partial charge is 0.196 e. The van der Waals surface area contributed by atoms with Gasteiger partial charge in [-0.25, -0.2) is 4.99 Å². The summed E-state index contributed by atoms with van der Waals surface area (Å²) in [4.78, 5) is 6.80. The van der Waals surface area contributed by atoms with Crippen molar-refractivity contribution in [3.05, 3.63) is 24.3 Å². The zero-order valence-corrected chi connectivity index (χ0v) is 11.2. The van der Waals surface area contributed by atoms with Crippen LogP contribution < -0.4 is 15.4 Å². The fourth-order valence-corrected chi connectivity index (χ4v) is 2.86. The fourth-order valence-electron chi connectivity index (χ4n) is 2.86. The molecular weight excluding hydrogens is 238 g/mol. The van der Waals surface area contributed by atoms with Gasteiger partial charge in [0.1, 0.15) is 5.75 Å². The fraction of sp³-hybridized carbons (Fsp3) is 0.533. The number of guanidine groups is 1. The molecule has 102 valence electrons. The Morgan fingerprint density at radius 2 is 2.00 bits per heavy atom. The molecule has 1 fully saturated rings. The molecule has 2 N–H and O–H groups in total. The molecule has 0 bridgehead atoms. The summed E-state index contributed by atoms with van der Waals surface area (Å²) in [6.07, 6.45) is 5.87. The first kappa shape index (κ1) is 12.3. The summed E-state index contributed by atoms with van der Waals surface area (Å²) < 4.78 is 5.75. The molecule has 1 aromatic carbocycles. The van der Waals surface area contributed by atoms with Gasteiger partial charge in [-0.15, -0.1) is 0 Å². The average Bonchev–Trinajstić information content (AvgIpc) is 2.83. The summed E-state index contributed by atoms with van der Waals surface area (Å²) >= 11 is 0. The molecule has 1 aliphatic carbocycles. The molecule has 0 atom stereocenters. The maximum atomic E-state index is 6.23. The SMILES string of the molecule is NC(=NC1CCCC1)N1CCCOc2ccccc21. The predicted octanol–water partition coefficient (Wildman–Crippen LogP) is 2.53. The van der Waals surface area contributed by atoms with Crippen LogP contribution in [-0.2, 0) is 0 Å². The van der Waals surface area contributed by atoms with Crippen molar-refractivity contribution in [1.82, 2.24) is 0 Å². The minimum Gasteiger partial charge on any atom is -0.491 e. The van der Waals surface area contributed by atoms with Crippen LogP contribution in [0.15, 0.2) is 29.3 Å². The van der Waals surface area contributed by atoms with E-state index in [1.807, 2.05) is 18.2 Å². The highest BCUT2D eigenvalue weighted by Crippen LogP contribution is 2.30. The first-order chi connectivity index (χ1) is 9.34. The molecule has 0 amide bonds. The predicted molar refractivity (Wildman–Crippen MR) is 77.8 cm³/mol. The molecule has 19 heavy (non-hydrogen) atoms. The Bertz CT molecular complexity index is 466. The minimum atomic E-state index is 0.413. The highest BCUT2D eigenvalue weighted by Gasteiger charge is 2.21. The molecule has 0 aromatic heterocycles. The van der Waals surface area contributed by atoms with E-state index in [0.717, 1.165) is 31.0 Å². The summed E-state index contributed by atoms with van der Waals surface area (Å²) in [6.45, 7) is 1.61. The molecule has 1 heterocycles. The Kier molecular flexibility index (Phi) is 3.58. The number of rotatable bonds is 1. The van der Waals surface area contributed by atoms with Crippen LogP contribution >= 0.6 is 0 Å². The lowest BCUT2D eigenvalue weighted by Gasteiger charge is -2.23. The normalized spacial score (nSPS) is 20.8. The van der Waals surface area contributed by atoms with E-state index in [-0.39, 0.29) is 0 Å².